The Kier molecular flexibility index (Phi) is 3.65. The summed E-state index contributed by atoms with van der Waals surface area (Å²) in [5.74, 6) is 0.428. The van der Waals surface area contributed by atoms with E-state index in [4.69, 9.17) is 4.74 Å². The van der Waals surface area contributed by atoms with Crippen LogP contribution >= 0.6 is 0 Å². The van der Waals surface area contributed by atoms with Gasteiger partial charge in [0.05, 0.1) is 11.3 Å². The first-order valence-electron chi connectivity index (χ1n) is 6.51. The molecule has 0 spiro atoms. The molecule has 0 unspecified atom stereocenters. The maximum absolute atomic E-state index is 12.7. The Balaban J connectivity index is 1.82. The van der Waals surface area contributed by atoms with Gasteiger partial charge in [-0.05, 0) is 42.5 Å². The molecule has 1 heterocycles. The van der Waals surface area contributed by atoms with Gasteiger partial charge in [0.25, 0.3) is 0 Å². The minimum atomic E-state index is -4.42. The van der Waals surface area contributed by atoms with Crippen molar-refractivity contribution in [1.82, 2.24) is 14.8 Å². The standard InChI is InChI=1S/C15H10F3N3O2/c16-15(17,18)10-2-1-3-13(8-10)23-12-6-4-11(5-7-12)21-9-19-20-14(21)22/h1-9H,(H,20,22). The van der Waals surface area contributed by atoms with E-state index >= 15 is 0 Å². The van der Waals surface area contributed by atoms with Crippen molar-refractivity contribution >= 4 is 0 Å². The van der Waals surface area contributed by atoms with E-state index in [0.29, 0.717) is 11.4 Å². The number of nitrogens with one attached hydrogen (secondary N) is 1. The summed E-state index contributed by atoms with van der Waals surface area (Å²) in [6.45, 7) is 0. The minimum Gasteiger partial charge on any atom is -0.457 e. The largest absolute Gasteiger partial charge is 0.457 e. The van der Waals surface area contributed by atoms with E-state index in [1.807, 2.05) is 0 Å². The van der Waals surface area contributed by atoms with E-state index < -0.39 is 17.4 Å². The van der Waals surface area contributed by atoms with Crippen molar-refractivity contribution in [1.29, 1.82) is 0 Å². The number of rotatable bonds is 3. The molecule has 23 heavy (non-hydrogen) atoms. The van der Waals surface area contributed by atoms with Crippen LogP contribution in [0, 0.1) is 0 Å². The number of hydrogen-bond donors (Lipinski definition) is 1. The van der Waals surface area contributed by atoms with Crippen molar-refractivity contribution in [3.63, 3.8) is 0 Å². The molecule has 0 saturated carbocycles. The zero-order valence-electron chi connectivity index (χ0n) is 11.5. The summed E-state index contributed by atoms with van der Waals surface area (Å²) in [5.41, 5.74) is -0.617. The molecule has 1 N–H and O–H groups in total. The quantitative estimate of drug-likeness (QED) is 0.804. The molecule has 0 bridgehead atoms. The van der Waals surface area contributed by atoms with E-state index in [9.17, 15) is 18.0 Å². The first-order chi connectivity index (χ1) is 10.9. The predicted molar refractivity (Wildman–Crippen MR) is 75.7 cm³/mol. The lowest BCUT2D eigenvalue weighted by atomic mass is 10.2. The summed E-state index contributed by atoms with van der Waals surface area (Å²) in [4.78, 5) is 11.4. The van der Waals surface area contributed by atoms with Crippen LogP contribution < -0.4 is 10.4 Å². The van der Waals surface area contributed by atoms with E-state index in [2.05, 4.69) is 10.2 Å². The number of aromatic nitrogens is 3. The number of benzene rings is 2. The zero-order valence-corrected chi connectivity index (χ0v) is 11.5. The normalized spacial score (nSPS) is 11.4. The molecule has 8 heteroatoms. The molecule has 0 aliphatic carbocycles. The summed E-state index contributed by atoms with van der Waals surface area (Å²) in [6.07, 6.45) is -3.10. The highest BCUT2D eigenvalue weighted by molar-refractivity contribution is 5.40. The van der Waals surface area contributed by atoms with Crippen LogP contribution in [0.1, 0.15) is 5.56 Å². The minimum absolute atomic E-state index is 0.0769. The molecule has 0 aliphatic heterocycles. The molecule has 0 amide bonds. The molecule has 2 aromatic carbocycles. The average Bonchev–Trinajstić information content (AvgIpc) is 2.94. The lowest BCUT2D eigenvalue weighted by Crippen LogP contribution is -2.13. The van der Waals surface area contributed by atoms with Crippen molar-refractivity contribution in [3.8, 4) is 17.2 Å². The second kappa shape index (κ2) is 5.64. The average molecular weight is 321 g/mol. The highest BCUT2D eigenvalue weighted by atomic mass is 19.4. The Labute approximate surface area is 128 Å². The van der Waals surface area contributed by atoms with Crippen molar-refractivity contribution in [2.24, 2.45) is 0 Å². The van der Waals surface area contributed by atoms with Gasteiger partial charge in [-0.2, -0.15) is 18.3 Å². The Morgan fingerprint density at radius 3 is 2.39 bits per heavy atom. The number of hydrogen-bond acceptors (Lipinski definition) is 3. The zero-order chi connectivity index (χ0) is 16.4. The molecule has 0 radical (unpaired) electrons. The highest BCUT2D eigenvalue weighted by Gasteiger charge is 2.30. The van der Waals surface area contributed by atoms with E-state index in [0.717, 1.165) is 12.1 Å². The summed E-state index contributed by atoms with van der Waals surface area (Å²) in [6, 6.07) is 10.9. The lowest BCUT2D eigenvalue weighted by molar-refractivity contribution is -0.137. The highest BCUT2D eigenvalue weighted by Crippen LogP contribution is 2.32. The number of aromatic amines is 1. The molecule has 0 fully saturated rings. The van der Waals surface area contributed by atoms with Gasteiger partial charge in [-0.25, -0.2) is 14.5 Å². The van der Waals surface area contributed by atoms with Crippen molar-refractivity contribution < 1.29 is 17.9 Å². The predicted octanol–water partition coefficient (Wildman–Crippen LogP) is 3.37. The second-order valence-corrected chi connectivity index (χ2v) is 4.65. The smallest absolute Gasteiger partial charge is 0.416 e. The van der Waals surface area contributed by atoms with Gasteiger partial charge < -0.3 is 4.74 Å². The van der Waals surface area contributed by atoms with E-state index in [1.165, 1.54) is 23.0 Å². The first kappa shape index (κ1) is 14.9. The molecule has 3 rings (SSSR count). The van der Waals surface area contributed by atoms with E-state index in [-0.39, 0.29) is 5.75 Å². The fraction of sp³-hybridized carbons (Fsp3) is 0.0667. The Hall–Kier alpha value is -3.03. The van der Waals surface area contributed by atoms with E-state index in [1.54, 1.807) is 24.3 Å². The second-order valence-electron chi connectivity index (χ2n) is 4.65. The van der Waals surface area contributed by atoms with Gasteiger partial charge in [-0.1, -0.05) is 6.07 Å². The van der Waals surface area contributed by atoms with Crippen LogP contribution in [-0.4, -0.2) is 14.8 Å². The third-order valence-electron chi connectivity index (χ3n) is 3.06. The van der Waals surface area contributed by atoms with Gasteiger partial charge in [0.15, 0.2) is 0 Å². The van der Waals surface area contributed by atoms with Crippen molar-refractivity contribution in [2.75, 3.05) is 0 Å². The molecule has 1 aromatic heterocycles. The van der Waals surface area contributed by atoms with Crippen LogP contribution in [0.4, 0.5) is 13.2 Å². The van der Waals surface area contributed by atoms with Crippen LogP contribution in [0.15, 0.2) is 59.7 Å². The number of halogens is 3. The van der Waals surface area contributed by atoms with Crippen LogP contribution in [0.25, 0.3) is 5.69 Å². The van der Waals surface area contributed by atoms with Crippen molar-refractivity contribution in [2.45, 2.75) is 6.18 Å². The SMILES string of the molecule is O=c1[nH]ncn1-c1ccc(Oc2cccc(C(F)(F)F)c2)cc1. The Bertz CT molecular complexity index is 866. The maximum Gasteiger partial charge on any atom is 0.416 e. The molecule has 0 saturated heterocycles. The van der Waals surface area contributed by atoms with Crippen LogP contribution in [0.3, 0.4) is 0 Å². The fourth-order valence-electron chi connectivity index (χ4n) is 1.98. The Morgan fingerprint density at radius 1 is 1.04 bits per heavy atom. The number of alkyl halides is 3. The summed E-state index contributed by atoms with van der Waals surface area (Å²) >= 11 is 0. The third-order valence-corrected chi connectivity index (χ3v) is 3.06. The first-order valence-corrected chi connectivity index (χ1v) is 6.51. The van der Waals surface area contributed by atoms with Gasteiger partial charge in [0.1, 0.15) is 17.8 Å². The van der Waals surface area contributed by atoms with Gasteiger partial charge in [-0.3, -0.25) is 0 Å². The Morgan fingerprint density at radius 2 is 1.78 bits per heavy atom. The fourth-order valence-corrected chi connectivity index (χ4v) is 1.98. The summed E-state index contributed by atoms with van der Waals surface area (Å²) in [5, 5.41) is 5.87. The van der Waals surface area contributed by atoms with Gasteiger partial charge >= 0.3 is 11.9 Å². The third kappa shape index (κ3) is 3.25. The molecular formula is C15H10F3N3O2. The molecule has 3 aromatic rings. The van der Waals surface area contributed by atoms with Gasteiger partial charge in [0.2, 0.25) is 0 Å². The van der Waals surface area contributed by atoms with Crippen LogP contribution in [0.5, 0.6) is 11.5 Å². The molecular weight excluding hydrogens is 311 g/mol. The summed E-state index contributed by atoms with van der Waals surface area (Å²) in [7, 11) is 0. The van der Waals surface area contributed by atoms with Crippen molar-refractivity contribution in [3.05, 3.63) is 70.9 Å². The lowest BCUT2D eigenvalue weighted by Gasteiger charge is -2.10. The number of H-pyrrole nitrogens is 1. The van der Waals surface area contributed by atoms with Crippen LogP contribution in [-0.2, 0) is 6.18 Å². The molecule has 0 atom stereocenters. The monoisotopic (exact) mass is 321 g/mol. The van der Waals surface area contributed by atoms with Gasteiger partial charge in [0, 0.05) is 0 Å². The molecule has 5 nitrogen and oxygen atoms in total. The van der Waals surface area contributed by atoms with Gasteiger partial charge in [-0.15, -0.1) is 0 Å². The summed E-state index contributed by atoms with van der Waals surface area (Å²) < 4.78 is 44.7. The number of ether oxygens (including phenoxy) is 1. The van der Waals surface area contributed by atoms with Crippen LogP contribution in [0.2, 0.25) is 0 Å². The maximum atomic E-state index is 12.7. The molecule has 118 valence electrons. The molecule has 0 aliphatic rings. The topological polar surface area (TPSA) is 59.9 Å². The number of nitrogens with zero attached hydrogens (tertiary/aromatic N) is 2.